The Balaban J connectivity index is 4.48. The van der Waals surface area contributed by atoms with Gasteiger partial charge in [0.1, 0.15) is 13.2 Å². The molecule has 0 radical (unpaired) electrons. The summed E-state index contributed by atoms with van der Waals surface area (Å²) in [5.41, 5.74) is 0. The Labute approximate surface area is 426 Å². The summed E-state index contributed by atoms with van der Waals surface area (Å²) in [5, 5.41) is 0. The molecule has 0 spiro atoms. The molecule has 0 amide bonds. The molecule has 0 unspecified atom stereocenters. The van der Waals surface area contributed by atoms with E-state index in [0.717, 1.165) is 83.5 Å². The Morgan fingerprint density at radius 3 is 1.00 bits per heavy atom. The highest BCUT2D eigenvalue weighted by Crippen LogP contribution is 2.15. The molecule has 1 atom stereocenters. The van der Waals surface area contributed by atoms with Gasteiger partial charge in [0.25, 0.3) is 0 Å². The van der Waals surface area contributed by atoms with Crippen molar-refractivity contribution in [1.29, 1.82) is 0 Å². The predicted octanol–water partition coefficient (Wildman–Crippen LogP) is 19.3. The number of ether oxygens (including phenoxy) is 3. The summed E-state index contributed by atoms with van der Waals surface area (Å²) >= 11 is 0. The second-order valence-corrected chi connectivity index (χ2v) is 18.8. The highest BCUT2D eigenvalue weighted by Gasteiger charge is 2.19. The first-order valence-electron chi connectivity index (χ1n) is 28.7. The summed E-state index contributed by atoms with van der Waals surface area (Å²) in [5.74, 6) is -0.989. The van der Waals surface area contributed by atoms with Gasteiger partial charge in [-0.05, 0) is 89.9 Å². The van der Waals surface area contributed by atoms with E-state index in [1.165, 1.54) is 135 Å². The van der Waals surface area contributed by atoms with Gasteiger partial charge in [0.15, 0.2) is 6.10 Å². The van der Waals surface area contributed by atoms with E-state index in [4.69, 9.17) is 14.2 Å². The molecule has 69 heavy (non-hydrogen) atoms. The molecule has 0 aliphatic carbocycles. The van der Waals surface area contributed by atoms with E-state index in [0.29, 0.717) is 19.3 Å². The third kappa shape index (κ3) is 55.1. The smallest absolute Gasteiger partial charge is 0.306 e. The molecule has 0 rings (SSSR count). The first-order chi connectivity index (χ1) is 34.0. The van der Waals surface area contributed by atoms with E-state index in [1.807, 2.05) is 6.08 Å². The second kappa shape index (κ2) is 56.9. The molecule has 0 aromatic carbocycles. The molecule has 0 bridgehead atoms. The third-order valence-corrected chi connectivity index (χ3v) is 12.1. The quantitative estimate of drug-likeness (QED) is 0.0262. The first kappa shape index (κ1) is 65.3. The number of unbranched alkanes of at least 4 members (excludes halogenated alkanes) is 24. The lowest BCUT2D eigenvalue weighted by molar-refractivity contribution is -0.166. The minimum Gasteiger partial charge on any atom is -0.462 e. The fourth-order valence-corrected chi connectivity index (χ4v) is 7.79. The van der Waals surface area contributed by atoms with E-state index in [1.54, 1.807) is 0 Å². The molecular formula is C63H106O6. The Kier molecular flexibility index (Phi) is 53.9. The molecule has 0 heterocycles. The summed E-state index contributed by atoms with van der Waals surface area (Å²) in [7, 11) is 0. The van der Waals surface area contributed by atoms with Crippen molar-refractivity contribution < 1.29 is 28.6 Å². The zero-order valence-electron chi connectivity index (χ0n) is 45.0. The lowest BCUT2D eigenvalue weighted by atomic mass is 10.0. The summed E-state index contributed by atoms with van der Waals surface area (Å²) < 4.78 is 16.8. The van der Waals surface area contributed by atoms with Gasteiger partial charge in [0.2, 0.25) is 0 Å². The highest BCUT2D eigenvalue weighted by molar-refractivity contribution is 5.71. The van der Waals surface area contributed by atoms with Crippen LogP contribution in [0.25, 0.3) is 0 Å². The Morgan fingerprint density at radius 2 is 0.594 bits per heavy atom. The van der Waals surface area contributed by atoms with Gasteiger partial charge in [-0.1, -0.05) is 253 Å². The van der Waals surface area contributed by atoms with Crippen LogP contribution in [-0.4, -0.2) is 37.2 Å². The van der Waals surface area contributed by atoms with Crippen LogP contribution in [-0.2, 0) is 28.6 Å². The number of hydrogen-bond donors (Lipinski definition) is 0. The average molecular weight is 960 g/mol. The SMILES string of the molecule is CC/C=C\C/C=C\C/C=C\C/C=C\C/C=C\C/C=C\CCC(=O)OC[C@@H](COC(=O)CCCCCCCCCCCCCCC)OC(=O)CCCCCCCCCCC/C=C\C/C=C\CCCCC. The van der Waals surface area contributed by atoms with Crippen molar-refractivity contribution in [3.05, 3.63) is 97.2 Å². The van der Waals surface area contributed by atoms with Crippen LogP contribution < -0.4 is 0 Å². The third-order valence-electron chi connectivity index (χ3n) is 12.1. The second-order valence-electron chi connectivity index (χ2n) is 18.8. The van der Waals surface area contributed by atoms with E-state index in [9.17, 15) is 14.4 Å². The van der Waals surface area contributed by atoms with Crippen LogP contribution in [0.15, 0.2) is 97.2 Å². The van der Waals surface area contributed by atoms with E-state index >= 15 is 0 Å². The Bertz CT molecular complexity index is 1380. The van der Waals surface area contributed by atoms with Crippen LogP contribution in [0.5, 0.6) is 0 Å². The van der Waals surface area contributed by atoms with Gasteiger partial charge in [0, 0.05) is 19.3 Å². The number of rotatable bonds is 51. The lowest BCUT2D eigenvalue weighted by Crippen LogP contribution is -2.30. The zero-order chi connectivity index (χ0) is 50.0. The number of esters is 3. The van der Waals surface area contributed by atoms with Crippen LogP contribution in [0, 0.1) is 0 Å². The van der Waals surface area contributed by atoms with E-state index in [-0.39, 0.29) is 37.5 Å². The molecule has 0 aromatic heterocycles. The van der Waals surface area contributed by atoms with Gasteiger partial charge in [-0.15, -0.1) is 0 Å². The maximum Gasteiger partial charge on any atom is 0.306 e. The fourth-order valence-electron chi connectivity index (χ4n) is 7.79. The van der Waals surface area contributed by atoms with Gasteiger partial charge in [-0.25, -0.2) is 0 Å². The van der Waals surface area contributed by atoms with Crippen molar-refractivity contribution in [2.24, 2.45) is 0 Å². The Hall–Kier alpha value is -3.67. The zero-order valence-corrected chi connectivity index (χ0v) is 45.0. The fraction of sp³-hybridized carbons (Fsp3) is 0.698. The summed E-state index contributed by atoms with van der Waals surface area (Å²) in [6, 6.07) is 0. The van der Waals surface area contributed by atoms with Crippen molar-refractivity contribution in [3.63, 3.8) is 0 Å². The summed E-state index contributed by atoms with van der Waals surface area (Å²) in [6.07, 6.45) is 75.5. The average Bonchev–Trinajstić information content (AvgIpc) is 3.35. The number of hydrogen-bond acceptors (Lipinski definition) is 6. The van der Waals surface area contributed by atoms with Gasteiger partial charge < -0.3 is 14.2 Å². The number of carbonyl (C=O) groups excluding carboxylic acids is 3. The monoisotopic (exact) mass is 959 g/mol. The summed E-state index contributed by atoms with van der Waals surface area (Å²) in [4.78, 5) is 38.1. The molecular weight excluding hydrogens is 853 g/mol. The largest absolute Gasteiger partial charge is 0.462 e. The molecule has 0 saturated heterocycles. The van der Waals surface area contributed by atoms with Crippen LogP contribution in [0.2, 0.25) is 0 Å². The van der Waals surface area contributed by atoms with Crippen LogP contribution in [0.1, 0.15) is 265 Å². The van der Waals surface area contributed by atoms with Crippen LogP contribution >= 0.6 is 0 Å². The molecule has 0 saturated carbocycles. The lowest BCUT2D eigenvalue weighted by Gasteiger charge is -2.18. The van der Waals surface area contributed by atoms with Gasteiger partial charge in [0.05, 0.1) is 0 Å². The van der Waals surface area contributed by atoms with Crippen molar-refractivity contribution in [1.82, 2.24) is 0 Å². The van der Waals surface area contributed by atoms with Crippen LogP contribution in [0.4, 0.5) is 0 Å². The molecule has 0 aliphatic rings. The molecule has 0 N–H and O–H groups in total. The molecule has 394 valence electrons. The summed E-state index contributed by atoms with van der Waals surface area (Å²) in [6.45, 7) is 6.44. The standard InChI is InChI=1S/C63H106O6/c1-4-7-10-13-16-19-22-25-27-29-31-33-35-38-41-44-47-50-53-56-62(65)68-59-60(58-67-61(64)55-52-49-46-43-40-37-24-21-18-15-12-9-6-3)69-63(66)57-54-51-48-45-42-39-36-34-32-30-28-26-23-20-17-14-11-8-5-2/h7,10,16-17,19-20,25-28,31,33,38,41,47,50,60H,4-6,8-9,11-15,18,21-24,29-30,32,34-37,39-40,42-46,48-49,51-59H2,1-3H3/b10-7-,19-16-,20-17-,27-25-,28-26-,33-31-,41-38-,50-47-/t60-/m1/s1. The predicted molar refractivity (Wildman–Crippen MR) is 297 cm³/mol. The maximum atomic E-state index is 12.9. The molecule has 0 aromatic rings. The van der Waals surface area contributed by atoms with Gasteiger partial charge in [-0.3, -0.25) is 14.4 Å². The van der Waals surface area contributed by atoms with Gasteiger partial charge in [-0.2, -0.15) is 0 Å². The Morgan fingerprint density at radius 1 is 0.304 bits per heavy atom. The normalized spacial score (nSPS) is 12.8. The highest BCUT2D eigenvalue weighted by atomic mass is 16.6. The van der Waals surface area contributed by atoms with E-state index < -0.39 is 6.10 Å². The number of carbonyl (C=O) groups is 3. The van der Waals surface area contributed by atoms with Crippen molar-refractivity contribution in [2.75, 3.05) is 13.2 Å². The molecule has 0 fully saturated rings. The maximum absolute atomic E-state index is 12.9. The van der Waals surface area contributed by atoms with Crippen molar-refractivity contribution in [2.45, 2.75) is 271 Å². The molecule has 6 heteroatoms. The first-order valence-corrected chi connectivity index (χ1v) is 28.7. The van der Waals surface area contributed by atoms with Crippen molar-refractivity contribution in [3.8, 4) is 0 Å². The minimum atomic E-state index is -0.810. The van der Waals surface area contributed by atoms with Crippen LogP contribution in [0.3, 0.4) is 0 Å². The minimum absolute atomic E-state index is 0.101. The molecule has 0 aliphatic heterocycles. The van der Waals surface area contributed by atoms with Gasteiger partial charge >= 0.3 is 17.9 Å². The number of allylic oxidation sites excluding steroid dienone is 16. The van der Waals surface area contributed by atoms with E-state index in [2.05, 4.69) is 112 Å². The topological polar surface area (TPSA) is 78.9 Å². The van der Waals surface area contributed by atoms with Crippen molar-refractivity contribution >= 4 is 17.9 Å². The molecule has 6 nitrogen and oxygen atoms in total.